The minimum atomic E-state index is -4.36. The number of carbonyl (C=O) groups is 1. The van der Waals surface area contributed by atoms with Crippen LogP contribution in [0.3, 0.4) is 0 Å². The van der Waals surface area contributed by atoms with Gasteiger partial charge in [0.05, 0.1) is 6.04 Å². The topological polar surface area (TPSA) is 42.0 Å². The maximum Gasteiger partial charge on any atom is 0.406 e. The van der Waals surface area contributed by atoms with Crippen molar-refractivity contribution < 1.29 is 27.4 Å². The lowest BCUT2D eigenvalue weighted by Gasteiger charge is -2.30. The van der Waals surface area contributed by atoms with Gasteiger partial charge in [-0.2, -0.15) is 13.2 Å². The number of hydrogen-bond acceptors (Lipinski definition) is 4. The van der Waals surface area contributed by atoms with E-state index in [1.165, 1.54) is 0 Å². The molecular weight excluding hydrogens is 349 g/mol. The van der Waals surface area contributed by atoms with Crippen LogP contribution in [0.5, 0.6) is 11.5 Å². The fourth-order valence-electron chi connectivity index (χ4n) is 4.19. The van der Waals surface area contributed by atoms with Crippen molar-refractivity contribution in [2.75, 3.05) is 32.8 Å². The molecule has 0 N–H and O–H groups in total. The molecule has 26 heavy (non-hydrogen) atoms. The van der Waals surface area contributed by atoms with Crippen LogP contribution < -0.4 is 9.47 Å². The van der Waals surface area contributed by atoms with Crippen LogP contribution >= 0.6 is 0 Å². The van der Waals surface area contributed by atoms with Crippen molar-refractivity contribution in [1.29, 1.82) is 0 Å². The van der Waals surface area contributed by atoms with Crippen molar-refractivity contribution >= 4 is 5.91 Å². The molecule has 2 atom stereocenters. The number of fused-ring (bicyclic) bond motifs is 1. The number of ether oxygens (including phenoxy) is 2. The number of halogens is 3. The quantitative estimate of drug-likeness (QED) is 0.821. The second-order valence-corrected chi connectivity index (χ2v) is 6.98. The van der Waals surface area contributed by atoms with Crippen LogP contribution in [0.4, 0.5) is 13.2 Å². The summed E-state index contributed by atoms with van der Waals surface area (Å²) >= 11 is 0. The van der Waals surface area contributed by atoms with Gasteiger partial charge in [0.2, 0.25) is 5.91 Å². The van der Waals surface area contributed by atoms with Crippen molar-refractivity contribution in [1.82, 2.24) is 9.80 Å². The summed E-state index contributed by atoms with van der Waals surface area (Å²) in [5.41, 5.74) is 1.02. The first-order chi connectivity index (χ1) is 12.4. The van der Waals surface area contributed by atoms with Gasteiger partial charge in [-0.15, -0.1) is 0 Å². The Morgan fingerprint density at radius 1 is 1.04 bits per heavy atom. The molecule has 0 spiro atoms. The van der Waals surface area contributed by atoms with Crippen LogP contribution in [0, 0.1) is 0 Å². The molecule has 2 saturated heterocycles. The van der Waals surface area contributed by atoms with Gasteiger partial charge in [0, 0.05) is 12.6 Å². The first kappa shape index (κ1) is 17.5. The van der Waals surface area contributed by atoms with E-state index in [1.54, 1.807) is 0 Å². The van der Waals surface area contributed by atoms with Crippen molar-refractivity contribution in [2.24, 2.45) is 0 Å². The largest absolute Gasteiger partial charge is 0.486 e. The van der Waals surface area contributed by atoms with Crippen molar-refractivity contribution in [3.8, 4) is 11.5 Å². The Bertz CT molecular complexity index is 695. The average Bonchev–Trinajstić information content (AvgIpc) is 3.21. The van der Waals surface area contributed by atoms with Crippen LogP contribution in [-0.2, 0) is 4.79 Å². The van der Waals surface area contributed by atoms with Crippen molar-refractivity contribution in [3.05, 3.63) is 23.8 Å². The number of nitrogens with zero attached hydrogens (tertiary/aromatic N) is 2. The van der Waals surface area contributed by atoms with Gasteiger partial charge in [-0.25, -0.2) is 0 Å². The normalized spacial score (nSPS) is 26.6. The van der Waals surface area contributed by atoms with Crippen LogP contribution in [0.2, 0.25) is 0 Å². The molecule has 0 radical (unpaired) electrons. The maximum absolute atomic E-state index is 12.7. The Morgan fingerprint density at radius 2 is 1.81 bits per heavy atom. The predicted molar refractivity (Wildman–Crippen MR) is 87.2 cm³/mol. The predicted octanol–water partition coefficient (Wildman–Crippen LogP) is 2.76. The smallest absolute Gasteiger partial charge is 0.406 e. The zero-order valence-corrected chi connectivity index (χ0v) is 14.3. The molecule has 4 rings (SSSR count). The summed E-state index contributed by atoms with van der Waals surface area (Å²) in [6, 6.07) is 5.31. The molecule has 5 nitrogen and oxygen atoms in total. The van der Waals surface area contributed by atoms with E-state index < -0.39 is 24.7 Å². The standard InChI is InChI=1S/C18H21F3N2O3/c19-18(20,21)11-22-7-5-14(17(22)24)23-6-1-2-13(23)12-3-4-15-16(10-12)26-9-8-25-15/h3-4,10,13-14H,1-2,5-9,11H2. The number of rotatable bonds is 3. The lowest BCUT2D eigenvalue weighted by molar-refractivity contribution is -0.159. The molecule has 0 aromatic heterocycles. The first-order valence-electron chi connectivity index (χ1n) is 8.93. The van der Waals surface area contributed by atoms with Gasteiger partial charge < -0.3 is 14.4 Å². The summed E-state index contributed by atoms with van der Waals surface area (Å²) in [6.45, 7) is 0.736. The molecule has 2 unspecified atom stereocenters. The van der Waals surface area contributed by atoms with Crippen LogP contribution in [0.1, 0.15) is 30.9 Å². The van der Waals surface area contributed by atoms with E-state index in [-0.39, 0.29) is 12.6 Å². The van der Waals surface area contributed by atoms with Gasteiger partial charge in [0.25, 0.3) is 0 Å². The molecule has 1 aromatic carbocycles. The van der Waals surface area contributed by atoms with Crippen LogP contribution in [0.15, 0.2) is 18.2 Å². The minimum Gasteiger partial charge on any atom is -0.486 e. The third-order valence-corrected chi connectivity index (χ3v) is 5.28. The fourth-order valence-corrected chi connectivity index (χ4v) is 4.19. The van der Waals surface area contributed by atoms with Gasteiger partial charge in [-0.1, -0.05) is 6.07 Å². The molecule has 1 amide bonds. The van der Waals surface area contributed by atoms with Crippen LogP contribution in [0.25, 0.3) is 0 Å². The molecule has 2 fully saturated rings. The minimum absolute atomic E-state index is 0.0191. The highest BCUT2D eigenvalue weighted by atomic mass is 19.4. The molecule has 8 heteroatoms. The molecule has 0 saturated carbocycles. The molecule has 3 aliphatic rings. The Morgan fingerprint density at radius 3 is 2.58 bits per heavy atom. The van der Waals surface area contributed by atoms with E-state index in [9.17, 15) is 18.0 Å². The fraction of sp³-hybridized carbons (Fsp3) is 0.611. The summed E-state index contributed by atoms with van der Waals surface area (Å²) in [6.07, 6.45) is -2.12. The zero-order valence-electron chi connectivity index (χ0n) is 14.3. The van der Waals surface area contributed by atoms with E-state index in [2.05, 4.69) is 4.90 Å². The Balaban J connectivity index is 1.51. The first-order valence-corrected chi connectivity index (χ1v) is 8.93. The van der Waals surface area contributed by atoms with E-state index in [0.29, 0.717) is 31.1 Å². The molecule has 0 aliphatic carbocycles. The second-order valence-electron chi connectivity index (χ2n) is 6.98. The third kappa shape index (κ3) is 3.34. The molecule has 3 aliphatic heterocycles. The maximum atomic E-state index is 12.7. The zero-order chi connectivity index (χ0) is 18.3. The molecule has 1 aromatic rings. The number of benzene rings is 1. The molecule has 142 valence electrons. The van der Waals surface area contributed by atoms with Crippen LogP contribution in [-0.4, -0.2) is 60.8 Å². The van der Waals surface area contributed by atoms with Gasteiger partial charge in [0.15, 0.2) is 11.5 Å². The van der Waals surface area contributed by atoms with Crippen molar-refractivity contribution in [3.63, 3.8) is 0 Å². The highest BCUT2D eigenvalue weighted by Crippen LogP contribution is 2.40. The van der Waals surface area contributed by atoms with Gasteiger partial charge in [0.1, 0.15) is 19.8 Å². The third-order valence-electron chi connectivity index (χ3n) is 5.28. The summed E-state index contributed by atoms with van der Waals surface area (Å²) in [4.78, 5) is 15.5. The summed E-state index contributed by atoms with van der Waals surface area (Å²) in [5.74, 6) is 0.988. The van der Waals surface area contributed by atoms with Gasteiger partial charge >= 0.3 is 6.18 Å². The highest BCUT2D eigenvalue weighted by Gasteiger charge is 2.44. The molecule has 3 heterocycles. The molecular formula is C18H21F3N2O3. The number of alkyl halides is 3. The van der Waals surface area contributed by atoms with E-state index >= 15 is 0 Å². The lowest BCUT2D eigenvalue weighted by Crippen LogP contribution is -2.43. The Hall–Kier alpha value is -1.96. The molecule has 0 bridgehead atoms. The number of hydrogen-bond donors (Lipinski definition) is 0. The van der Waals surface area contributed by atoms with E-state index in [4.69, 9.17) is 9.47 Å². The number of likely N-dealkylation sites (tertiary alicyclic amines) is 2. The summed E-state index contributed by atoms with van der Waals surface area (Å²) in [5, 5.41) is 0. The highest BCUT2D eigenvalue weighted by molar-refractivity contribution is 5.84. The van der Waals surface area contributed by atoms with Crippen molar-refractivity contribution in [2.45, 2.75) is 37.5 Å². The Kier molecular flexibility index (Phi) is 4.46. The number of carbonyl (C=O) groups excluding carboxylic acids is 1. The summed E-state index contributed by atoms with van der Waals surface area (Å²) < 4.78 is 49.1. The second kappa shape index (κ2) is 6.64. The average molecular weight is 370 g/mol. The van der Waals surface area contributed by atoms with Gasteiger partial charge in [-0.3, -0.25) is 9.69 Å². The van der Waals surface area contributed by atoms with E-state index in [0.717, 1.165) is 29.8 Å². The lowest BCUT2D eigenvalue weighted by atomic mass is 10.0. The summed E-state index contributed by atoms with van der Waals surface area (Å²) in [7, 11) is 0. The number of amides is 1. The Labute approximate surface area is 149 Å². The monoisotopic (exact) mass is 370 g/mol. The SMILES string of the molecule is O=C1C(N2CCCC2c2ccc3c(c2)OCCO3)CCN1CC(F)(F)F. The van der Waals surface area contributed by atoms with E-state index in [1.807, 2.05) is 18.2 Å². The van der Waals surface area contributed by atoms with Gasteiger partial charge in [-0.05, 0) is 43.5 Å².